The lowest BCUT2D eigenvalue weighted by Gasteiger charge is -2.27. The highest BCUT2D eigenvalue weighted by atomic mass is 16.5. The lowest BCUT2D eigenvalue weighted by Crippen LogP contribution is -2.26. The van der Waals surface area contributed by atoms with Crippen molar-refractivity contribution >= 4 is 16.9 Å². The van der Waals surface area contributed by atoms with Gasteiger partial charge in [-0.15, -0.1) is 0 Å². The van der Waals surface area contributed by atoms with Crippen LogP contribution < -0.4 is 10.2 Å². The van der Waals surface area contributed by atoms with E-state index < -0.39 is 11.4 Å². The number of rotatable bonds is 1. The second-order valence-corrected chi connectivity index (χ2v) is 4.85. The predicted octanol–water partition coefficient (Wildman–Crippen LogP) is 1.96. The molecule has 2 heterocycles. The summed E-state index contributed by atoms with van der Waals surface area (Å²) < 4.78 is 7.51. The number of aryl methyl sites for hydroxylation is 1. The molecule has 1 unspecified atom stereocenters. The van der Waals surface area contributed by atoms with Crippen LogP contribution in [-0.2, 0) is 0 Å². The highest BCUT2D eigenvalue weighted by Gasteiger charge is 2.24. The first kappa shape index (κ1) is 11.8. The summed E-state index contributed by atoms with van der Waals surface area (Å²) in [6.45, 7) is 4.31. The Hall–Kier alpha value is -2.30. The van der Waals surface area contributed by atoms with E-state index in [4.69, 9.17) is 9.84 Å². The molecule has 1 aromatic heterocycles. The maximum Gasteiger partial charge on any atom is 0.341 e. The van der Waals surface area contributed by atoms with E-state index in [1.807, 2.05) is 18.4 Å². The number of carboxylic acids is 1. The van der Waals surface area contributed by atoms with Crippen LogP contribution in [0.15, 0.2) is 23.1 Å². The molecule has 0 aliphatic carbocycles. The molecule has 0 fully saturated rings. The van der Waals surface area contributed by atoms with Gasteiger partial charge in [-0.25, -0.2) is 4.79 Å². The summed E-state index contributed by atoms with van der Waals surface area (Å²) in [6, 6.07) is 3.45. The van der Waals surface area contributed by atoms with Crippen LogP contribution in [0.2, 0.25) is 0 Å². The highest BCUT2D eigenvalue weighted by Crippen LogP contribution is 2.34. The van der Waals surface area contributed by atoms with E-state index in [0.29, 0.717) is 23.3 Å². The molecular formula is C14H13NO4. The Balaban J connectivity index is 2.54. The molecule has 0 amide bonds. The lowest BCUT2D eigenvalue weighted by atomic mass is 10.1. The Morgan fingerprint density at radius 1 is 1.47 bits per heavy atom. The van der Waals surface area contributed by atoms with Gasteiger partial charge in [0.15, 0.2) is 0 Å². The summed E-state index contributed by atoms with van der Waals surface area (Å²) in [5.41, 5.74) is 0.970. The Morgan fingerprint density at radius 2 is 2.21 bits per heavy atom. The largest absolute Gasteiger partial charge is 0.489 e. The second kappa shape index (κ2) is 3.85. The van der Waals surface area contributed by atoms with E-state index in [0.717, 1.165) is 5.56 Å². The van der Waals surface area contributed by atoms with Crippen molar-refractivity contribution in [3.05, 3.63) is 39.7 Å². The minimum absolute atomic E-state index is 0.00417. The van der Waals surface area contributed by atoms with Crippen molar-refractivity contribution in [1.82, 2.24) is 4.57 Å². The van der Waals surface area contributed by atoms with Crippen molar-refractivity contribution in [2.24, 2.45) is 0 Å². The molecule has 0 bridgehead atoms. The summed E-state index contributed by atoms with van der Waals surface area (Å²) in [5.74, 6) is -0.527. The molecule has 1 N–H and O–H groups in total. The first-order valence-corrected chi connectivity index (χ1v) is 6.05. The molecule has 1 atom stereocenters. The van der Waals surface area contributed by atoms with E-state index >= 15 is 0 Å². The van der Waals surface area contributed by atoms with Gasteiger partial charge in [0.05, 0.1) is 16.9 Å². The monoisotopic (exact) mass is 259 g/mol. The summed E-state index contributed by atoms with van der Waals surface area (Å²) >= 11 is 0. The molecule has 0 saturated heterocycles. The number of hydrogen-bond donors (Lipinski definition) is 1. The van der Waals surface area contributed by atoms with Crippen molar-refractivity contribution in [1.29, 1.82) is 0 Å². The molecule has 19 heavy (non-hydrogen) atoms. The Morgan fingerprint density at radius 3 is 2.89 bits per heavy atom. The van der Waals surface area contributed by atoms with E-state index in [1.54, 1.807) is 12.1 Å². The molecule has 3 rings (SSSR count). The number of hydrogen-bond acceptors (Lipinski definition) is 3. The van der Waals surface area contributed by atoms with Gasteiger partial charge in [-0.2, -0.15) is 0 Å². The van der Waals surface area contributed by atoms with Crippen LogP contribution in [0.25, 0.3) is 10.9 Å². The van der Waals surface area contributed by atoms with Crippen LogP contribution in [0.1, 0.15) is 28.9 Å². The SMILES string of the molecule is Cc1ccc2c(=O)c(C(=O)O)cn3c2c1OCC3C. The molecule has 1 aromatic carbocycles. The van der Waals surface area contributed by atoms with E-state index in [1.165, 1.54) is 6.20 Å². The summed E-state index contributed by atoms with van der Waals surface area (Å²) in [4.78, 5) is 23.3. The zero-order valence-corrected chi connectivity index (χ0v) is 10.6. The topological polar surface area (TPSA) is 68.5 Å². The van der Waals surface area contributed by atoms with Crippen LogP contribution in [0.3, 0.4) is 0 Å². The molecule has 0 saturated carbocycles. The van der Waals surface area contributed by atoms with Crippen LogP contribution in [0, 0.1) is 6.92 Å². The number of aromatic carboxylic acids is 1. The summed E-state index contributed by atoms with van der Waals surface area (Å²) in [5, 5.41) is 9.52. The zero-order valence-electron chi connectivity index (χ0n) is 10.6. The minimum Gasteiger partial charge on any atom is -0.489 e. The van der Waals surface area contributed by atoms with Crippen LogP contribution >= 0.6 is 0 Å². The fourth-order valence-corrected chi connectivity index (χ4v) is 2.49. The maximum absolute atomic E-state index is 12.2. The second-order valence-electron chi connectivity index (χ2n) is 4.85. The smallest absolute Gasteiger partial charge is 0.341 e. The van der Waals surface area contributed by atoms with Crippen molar-refractivity contribution in [3.8, 4) is 5.75 Å². The van der Waals surface area contributed by atoms with Gasteiger partial charge < -0.3 is 14.4 Å². The number of ether oxygens (including phenoxy) is 1. The number of aromatic nitrogens is 1. The molecule has 5 nitrogen and oxygen atoms in total. The van der Waals surface area contributed by atoms with Crippen LogP contribution in [0.4, 0.5) is 0 Å². The molecule has 1 aliphatic heterocycles. The van der Waals surface area contributed by atoms with Gasteiger partial charge in [0.1, 0.15) is 17.9 Å². The van der Waals surface area contributed by atoms with E-state index in [9.17, 15) is 9.59 Å². The van der Waals surface area contributed by atoms with Crippen molar-refractivity contribution in [2.45, 2.75) is 19.9 Å². The molecule has 1 aliphatic rings. The first-order chi connectivity index (χ1) is 9.00. The van der Waals surface area contributed by atoms with Crippen LogP contribution in [0.5, 0.6) is 5.75 Å². The third-order valence-corrected chi connectivity index (χ3v) is 3.52. The van der Waals surface area contributed by atoms with Gasteiger partial charge >= 0.3 is 5.97 Å². The number of nitrogens with zero attached hydrogens (tertiary/aromatic N) is 1. The van der Waals surface area contributed by atoms with Crippen molar-refractivity contribution < 1.29 is 14.6 Å². The third-order valence-electron chi connectivity index (χ3n) is 3.52. The molecule has 98 valence electrons. The Kier molecular flexibility index (Phi) is 2.38. The Labute approximate surface area is 109 Å². The number of carboxylic acid groups (broad SMARTS) is 1. The highest BCUT2D eigenvalue weighted by molar-refractivity contribution is 5.95. The van der Waals surface area contributed by atoms with Crippen molar-refractivity contribution in [2.75, 3.05) is 6.61 Å². The fraction of sp³-hybridized carbons (Fsp3) is 0.286. The zero-order chi connectivity index (χ0) is 13.7. The lowest BCUT2D eigenvalue weighted by molar-refractivity contribution is 0.0694. The molecule has 0 radical (unpaired) electrons. The van der Waals surface area contributed by atoms with Gasteiger partial charge in [-0.3, -0.25) is 4.79 Å². The average Bonchev–Trinajstić information content (AvgIpc) is 2.37. The summed E-state index contributed by atoms with van der Waals surface area (Å²) in [7, 11) is 0. The maximum atomic E-state index is 12.2. The molecule has 0 spiro atoms. The fourth-order valence-electron chi connectivity index (χ4n) is 2.49. The standard InChI is InChI=1S/C14H13NO4/c1-7-3-4-9-11-13(7)19-6-8(2)15(11)5-10(12(9)16)14(17)18/h3-5,8H,6H2,1-2H3,(H,17,18). The quantitative estimate of drug-likeness (QED) is 0.850. The third kappa shape index (κ3) is 1.54. The first-order valence-electron chi connectivity index (χ1n) is 6.05. The van der Waals surface area contributed by atoms with E-state index in [2.05, 4.69) is 0 Å². The minimum atomic E-state index is -1.20. The van der Waals surface area contributed by atoms with Gasteiger partial charge in [0.25, 0.3) is 0 Å². The molecular weight excluding hydrogens is 246 g/mol. The Bertz CT molecular complexity index is 760. The normalized spacial score (nSPS) is 17.3. The van der Waals surface area contributed by atoms with E-state index in [-0.39, 0.29) is 11.6 Å². The van der Waals surface area contributed by atoms with Gasteiger partial charge in [-0.05, 0) is 25.5 Å². The molecule has 2 aromatic rings. The van der Waals surface area contributed by atoms with Crippen molar-refractivity contribution in [3.63, 3.8) is 0 Å². The number of pyridine rings is 1. The molecule has 5 heteroatoms. The number of carbonyl (C=O) groups is 1. The van der Waals surface area contributed by atoms with Gasteiger partial charge in [-0.1, -0.05) is 6.07 Å². The number of benzene rings is 1. The van der Waals surface area contributed by atoms with Crippen LogP contribution in [-0.4, -0.2) is 22.2 Å². The predicted molar refractivity (Wildman–Crippen MR) is 70.1 cm³/mol. The average molecular weight is 259 g/mol. The summed E-state index contributed by atoms with van der Waals surface area (Å²) in [6.07, 6.45) is 1.42. The van der Waals surface area contributed by atoms with Gasteiger partial charge in [0, 0.05) is 6.20 Å². The van der Waals surface area contributed by atoms with Gasteiger partial charge in [0.2, 0.25) is 5.43 Å².